The summed E-state index contributed by atoms with van der Waals surface area (Å²) in [6.45, 7) is 18.3. The zero-order chi connectivity index (χ0) is 35.0. The smallest absolute Gasteiger partial charge is 0.310 e. The van der Waals surface area contributed by atoms with E-state index in [0.717, 1.165) is 129 Å². The molecule has 1 atom stereocenters. The van der Waals surface area contributed by atoms with Crippen molar-refractivity contribution in [3.8, 4) is 0 Å². The molecule has 1 unspecified atom stereocenters. The van der Waals surface area contributed by atoms with E-state index in [1.165, 1.54) is 46.1 Å². The van der Waals surface area contributed by atoms with Crippen LogP contribution in [0.1, 0.15) is 91.9 Å². The fourth-order valence-corrected chi connectivity index (χ4v) is 4.83. The molecular weight excluding hydrogens is 605 g/mol. The van der Waals surface area contributed by atoms with Crippen molar-refractivity contribution in [2.24, 2.45) is 23.5 Å². The minimum atomic E-state index is -0.562. The van der Waals surface area contributed by atoms with Gasteiger partial charge < -0.3 is 44.8 Å². The van der Waals surface area contributed by atoms with Gasteiger partial charge in [-0.25, -0.2) is 0 Å². The van der Waals surface area contributed by atoms with Crippen LogP contribution < -0.4 is 16.4 Å². The average molecular weight is 672 g/mol. The maximum absolute atomic E-state index is 10.5. The summed E-state index contributed by atoms with van der Waals surface area (Å²) in [5, 5.41) is 6.18. The van der Waals surface area contributed by atoms with Gasteiger partial charge >= 0.3 is 11.9 Å². The standard InChI is InChI=1S/C8H15NO2.C8H17NO.C6H13NO.C4H7BO.C4H6O3.C4H8O/c1-7(10)9-6-8-2-4-11-5-3-8;1-2-9-7-8-3-5-10-6-4-8;7-5-6-1-3-8-4-2-6;5-4-2-1-3-6-4;1-3(5)7-4(2)6;1-2-4-5-3-1/h8H,2-6H2,1H3,(H,9,10);8-9H,2-7H2,1H3;6H,1-5,7H2;4H,1-3H2;1-2H3;1-4H2. The van der Waals surface area contributed by atoms with Gasteiger partial charge in [0.2, 0.25) is 5.91 Å². The highest BCUT2D eigenvalue weighted by Crippen LogP contribution is 2.14. The van der Waals surface area contributed by atoms with Gasteiger partial charge in [-0.2, -0.15) is 0 Å². The Morgan fingerprint density at radius 2 is 1.11 bits per heavy atom. The molecule has 0 aromatic rings. The Morgan fingerprint density at radius 3 is 1.36 bits per heavy atom. The highest BCUT2D eigenvalue weighted by Gasteiger charge is 2.14. The molecule has 0 aromatic carbocycles. The van der Waals surface area contributed by atoms with Crippen molar-refractivity contribution in [3.05, 3.63) is 0 Å². The maximum atomic E-state index is 10.5. The molecule has 13 heteroatoms. The van der Waals surface area contributed by atoms with E-state index in [0.29, 0.717) is 5.92 Å². The first-order valence-electron chi connectivity index (χ1n) is 17.7. The summed E-state index contributed by atoms with van der Waals surface area (Å²) < 4.78 is 29.4. The van der Waals surface area contributed by atoms with Gasteiger partial charge in [0.1, 0.15) is 7.85 Å². The van der Waals surface area contributed by atoms with Gasteiger partial charge in [-0.3, -0.25) is 14.4 Å². The van der Waals surface area contributed by atoms with Gasteiger partial charge in [0.05, 0.1) is 0 Å². The van der Waals surface area contributed by atoms with Crippen molar-refractivity contribution in [2.45, 2.75) is 97.9 Å². The quantitative estimate of drug-likeness (QED) is 0.217. The Morgan fingerprint density at radius 1 is 0.660 bits per heavy atom. The fourth-order valence-electron chi connectivity index (χ4n) is 4.83. The fraction of sp³-hybridized carbons (Fsp3) is 0.912. The lowest BCUT2D eigenvalue weighted by Crippen LogP contribution is -2.30. The normalized spacial score (nSPS) is 21.3. The van der Waals surface area contributed by atoms with Crippen LogP contribution in [0, 0.1) is 17.8 Å². The van der Waals surface area contributed by atoms with Crippen molar-refractivity contribution in [1.82, 2.24) is 10.6 Å². The number of amides is 1. The predicted molar refractivity (Wildman–Crippen MR) is 184 cm³/mol. The first kappa shape index (κ1) is 45.4. The first-order valence-corrected chi connectivity index (χ1v) is 17.7. The predicted octanol–water partition coefficient (Wildman–Crippen LogP) is 3.13. The lowest BCUT2D eigenvalue weighted by Gasteiger charge is -2.21. The van der Waals surface area contributed by atoms with Gasteiger partial charge in [-0.05, 0) is 102 Å². The molecule has 5 saturated heterocycles. The number of hydrogen-bond acceptors (Lipinski definition) is 11. The summed E-state index contributed by atoms with van der Waals surface area (Å²) in [5.74, 6) is 1.18. The highest BCUT2D eigenvalue weighted by atomic mass is 16.6. The number of hydrogen-bond donors (Lipinski definition) is 3. The van der Waals surface area contributed by atoms with Gasteiger partial charge in [-0.15, -0.1) is 0 Å². The molecular formula is C34H66BN3O9. The van der Waals surface area contributed by atoms with E-state index >= 15 is 0 Å². The van der Waals surface area contributed by atoms with E-state index < -0.39 is 11.9 Å². The van der Waals surface area contributed by atoms with Crippen LogP contribution in [0.15, 0.2) is 0 Å². The van der Waals surface area contributed by atoms with Crippen molar-refractivity contribution in [1.29, 1.82) is 0 Å². The average Bonchev–Trinajstić information content (AvgIpc) is 3.83. The Labute approximate surface area is 286 Å². The van der Waals surface area contributed by atoms with E-state index in [1.54, 1.807) is 6.92 Å². The molecule has 274 valence electrons. The Hall–Kier alpha value is -1.61. The van der Waals surface area contributed by atoms with Gasteiger partial charge in [0.25, 0.3) is 0 Å². The lowest BCUT2D eigenvalue weighted by molar-refractivity contribution is -0.156. The zero-order valence-corrected chi connectivity index (χ0v) is 29.9. The first-order chi connectivity index (χ1) is 22.7. The second-order valence-electron chi connectivity index (χ2n) is 12.1. The third kappa shape index (κ3) is 32.7. The summed E-state index contributed by atoms with van der Waals surface area (Å²) in [6.07, 6.45) is 11.7. The molecule has 5 heterocycles. The summed E-state index contributed by atoms with van der Waals surface area (Å²) in [6, 6.07) is 0.0463. The topological polar surface area (TPSA) is 157 Å². The summed E-state index contributed by atoms with van der Waals surface area (Å²) in [7, 11) is 5.31. The molecule has 5 aliphatic heterocycles. The number of nitrogens with two attached hydrogens (primary N) is 1. The lowest BCUT2D eigenvalue weighted by atomic mass is 9.98. The molecule has 2 radical (unpaired) electrons. The number of carbonyl (C=O) groups is 3. The Kier molecular flexibility index (Phi) is 31.8. The minimum Gasteiger partial charge on any atom is -0.394 e. The maximum Gasteiger partial charge on any atom is 0.310 e. The second-order valence-corrected chi connectivity index (χ2v) is 12.1. The summed E-state index contributed by atoms with van der Waals surface area (Å²) in [4.78, 5) is 30.2. The molecule has 0 aromatic heterocycles. The van der Waals surface area contributed by atoms with Crippen molar-refractivity contribution in [2.75, 3.05) is 85.6 Å². The molecule has 4 N–H and O–H groups in total. The van der Waals surface area contributed by atoms with Crippen LogP contribution in [-0.2, 0) is 42.8 Å². The Balaban J connectivity index is 0.000000550. The van der Waals surface area contributed by atoms with E-state index in [9.17, 15) is 14.4 Å². The second kappa shape index (κ2) is 32.9. The molecule has 12 nitrogen and oxygen atoms in total. The number of carbonyl (C=O) groups excluding carboxylic acids is 3. The minimum absolute atomic E-state index is 0.0463. The summed E-state index contributed by atoms with van der Waals surface area (Å²) >= 11 is 0. The molecule has 47 heavy (non-hydrogen) atoms. The highest BCUT2D eigenvalue weighted by molar-refractivity contribution is 6.11. The van der Waals surface area contributed by atoms with E-state index in [2.05, 4.69) is 22.3 Å². The molecule has 5 aliphatic rings. The monoisotopic (exact) mass is 671 g/mol. The van der Waals surface area contributed by atoms with Crippen LogP contribution in [0.25, 0.3) is 0 Å². The van der Waals surface area contributed by atoms with Gasteiger partial charge in [0.15, 0.2) is 0 Å². The van der Waals surface area contributed by atoms with Crippen LogP contribution >= 0.6 is 0 Å². The van der Waals surface area contributed by atoms with Crippen molar-refractivity contribution in [3.63, 3.8) is 0 Å². The number of esters is 2. The van der Waals surface area contributed by atoms with E-state index in [4.69, 9.17) is 37.3 Å². The molecule has 5 fully saturated rings. The van der Waals surface area contributed by atoms with E-state index in [1.807, 2.05) is 0 Å². The number of rotatable bonds is 6. The largest absolute Gasteiger partial charge is 0.394 e. The van der Waals surface area contributed by atoms with Crippen LogP contribution in [0.4, 0.5) is 0 Å². The SMILES string of the molecule is C1CCOC1.CC(=O)NCC1CCOCC1.CC(=O)OC(C)=O.CCNCC1CCOCC1.NCC1CCOCC1.[B]C1CCCO1. The number of nitrogens with one attached hydrogen (secondary N) is 2. The van der Waals surface area contributed by atoms with Crippen LogP contribution in [0.5, 0.6) is 0 Å². The molecule has 0 aliphatic carbocycles. The zero-order valence-electron chi connectivity index (χ0n) is 29.9. The number of ether oxygens (including phenoxy) is 6. The van der Waals surface area contributed by atoms with Crippen molar-refractivity contribution >= 4 is 25.7 Å². The van der Waals surface area contributed by atoms with Gasteiger partial charge in [-0.1, -0.05) is 6.92 Å². The molecule has 1 amide bonds. The van der Waals surface area contributed by atoms with Crippen LogP contribution in [0.3, 0.4) is 0 Å². The summed E-state index contributed by atoms with van der Waals surface area (Å²) in [5.41, 5.74) is 5.45. The van der Waals surface area contributed by atoms with Crippen LogP contribution in [-0.4, -0.2) is 117 Å². The Bertz CT molecular complexity index is 719. The molecule has 0 spiro atoms. The van der Waals surface area contributed by atoms with Crippen LogP contribution in [0.2, 0.25) is 0 Å². The molecule has 0 bridgehead atoms. The molecule has 5 rings (SSSR count). The van der Waals surface area contributed by atoms with E-state index in [-0.39, 0.29) is 11.9 Å². The van der Waals surface area contributed by atoms with Crippen molar-refractivity contribution < 1.29 is 42.8 Å². The van der Waals surface area contributed by atoms with Gasteiger partial charge in [0, 0.05) is 92.8 Å². The third-order valence-electron chi connectivity index (χ3n) is 7.76. The third-order valence-corrected chi connectivity index (χ3v) is 7.76. The molecule has 0 saturated carbocycles.